The molecule has 0 unspecified atom stereocenters. The Labute approximate surface area is 144 Å². The first-order valence-corrected chi connectivity index (χ1v) is 8.56. The second-order valence-electron chi connectivity index (χ2n) is 6.95. The molecule has 1 N–H and O–H groups in total. The number of hydrogen-bond donors (Lipinski definition) is 1. The largest absolute Gasteiger partial charge is 1.00 e. The molecule has 21 heavy (non-hydrogen) atoms. The Morgan fingerprint density at radius 3 is 2.19 bits per heavy atom. The van der Waals surface area contributed by atoms with Crippen molar-refractivity contribution in [2.45, 2.75) is 31.6 Å². The molecule has 0 radical (unpaired) electrons. The second kappa shape index (κ2) is 7.08. The van der Waals surface area contributed by atoms with Crippen LogP contribution in [0.2, 0.25) is 10.0 Å². The summed E-state index contributed by atoms with van der Waals surface area (Å²) >= 11 is 12.3. The zero-order chi connectivity index (χ0) is 14.3. The number of nitrogens with one attached hydrogen (secondary N) is 1. The Bertz CT molecular complexity index is 481. The van der Waals surface area contributed by atoms with Crippen molar-refractivity contribution in [2.75, 3.05) is 20.6 Å². The van der Waals surface area contributed by atoms with E-state index in [-0.39, 0.29) is 12.4 Å². The molecular weight excluding hydrogens is 325 g/mol. The molecule has 3 fully saturated rings. The van der Waals surface area contributed by atoms with Gasteiger partial charge in [-0.15, -0.1) is 0 Å². The molecule has 0 amide bonds. The Morgan fingerprint density at radius 1 is 1.00 bits per heavy atom. The molecule has 3 aliphatic rings. The summed E-state index contributed by atoms with van der Waals surface area (Å²) in [4.78, 5) is 1.56. The van der Waals surface area contributed by atoms with Gasteiger partial charge in [0.1, 0.15) is 0 Å². The van der Waals surface area contributed by atoms with Gasteiger partial charge in [-0.25, -0.2) is 0 Å². The fourth-order valence-corrected chi connectivity index (χ4v) is 4.89. The number of fused-ring (bicyclic) bond motifs is 3. The Kier molecular flexibility index (Phi) is 5.87. The van der Waals surface area contributed by atoms with Crippen molar-refractivity contribution in [1.29, 1.82) is 0 Å². The third-order valence-electron chi connectivity index (χ3n) is 5.36. The van der Waals surface area contributed by atoms with Crippen LogP contribution in [-0.2, 0) is 0 Å². The summed E-state index contributed by atoms with van der Waals surface area (Å²) in [7, 11) is 4.54. The Hall–Kier alpha value is 0.0500. The van der Waals surface area contributed by atoms with Gasteiger partial charge in [0.15, 0.2) is 0 Å². The third kappa shape index (κ3) is 3.52. The van der Waals surface area contributed by atoms with Gasteiger partial charge in [-0.1, -0.05) is 29.3 Å². The first kappa shape index (κ1) is 17.4. The number of benzene rings is 1. The minimum Gasteiger partial charge on any atom is -1.00 e. The van der Waals surface area contributed by atoms with E-state index in [9.17, 15) is 0 Å². The number of halogens is 3. The lowest BCUT2D eigenvalue weighted by Gasteiger charge is -2.49. The molecule has 1 aromatic rings. The molecule has 3 aliphatic carbocycles. The van der Waals surface area contributed by atoms with Gasteiger partial charge in [0.25, 0.3) is 0 Å². The van der Waals surface area contributed by atoms with Gasteiger partial charge in [0.05, 0.1) is 30.7 Å². The highest BCUT2D eigenvalue weighted by Gasteiger charge is 2.45. The van der Waals surface area contributed by atoms with E-state index in [4.69, 9.17) is 23.2 Å². The summed E-state index contributed by atoms with van der Waals surface area (Å²) in [6.45, 7) is 1.27. The molecule has 0 saturated heterocycles. The van der Waals surface area contributed by atoms with Crippen LogP contribution in [0.4, 0.5) is 0 Å². The number of hydrogen-bond acceptors (Lipinski definition) is 0. The molecule has 2 bridgehead atoms. The topological polar surface area (TPSA) is 4.44 Å². The van der Waals surface area contributed by atoms with Crippen molar-refractivity contribution in [1.82, 2.24) is 0 Å². The molecule has 4 heteroatoms. The van der Waals surface area contributed by atoms with E-state index in [1.807, 2.05) is 6.07 Å². The first-order chi connectivity index (χ1) is 9.56. The molecule has 118 valence electrons. The van der Waals surface area contributed by atoms with Gasteiger partial charge in [-0.2, -0.15) is 0 Å². The van der Waals surface area contributed by atoms with Crippen LogP contribution in [0, 0.1) is 17.8 Å². The van der Waals surface area contributed by atoms with E-state index in [0.29, 0.717) is 16.0 Å². The quantitative estimate of drug-likeness (QED) is 0.819. The lowest BCUT2D eigenvalue weighted by atomic mass is 9.57. The average Bonchev–Trinajstić information content (AvgIpc) is 2.43. The minimum atomic E-state index is 0. The highest BCUT2D eigenvalue weighted by Crippen LogP contribution is 2.53. The van der Waals surface area contributed by atoms with Gasteiger partial charge >= 0.3 is 0 Å². The Morgan fingerprint density at radius 2 is 1.62 bits per heavy atom. The molecule has 0 heterocycles. The van der Waals surface area contributed by atoms with Crippen LogP contribution < -0.4 is 17.3 Å². The maximum absolute atomic E-state index is 6.25. The van der Waals surface area contributed by atoms with Gasteiger partial charge in [-0.05, 0) is 61.1 Å². The molecule has 4 rings (SSSR count). The lowest BCUT2D eigenvalue weighted by Crippen LogP contribution is -3.06. The zero-order valence-corrected chi connectivity index (χ0v) is 15.0. The standard InChI is InChI=1S/C17H23Cl2N.ClH/c1-20(2)10-14-11-3-5-12(6-4-11)17(14)13-7-8-15(18)16(19)9-13;/h7-9,11-12,14,17H,3-6,10H2,1-2H3;1H/t11?,12?,14-,17-;/m1./s1. The molecule has 0 aliphatic heterocycles. The minimum absolute atomic E-state index is 0. The van der Waals surface area contributed by atoms with Crippen LogP contribution in [0.3, 0.4) is 0 Å². The molecule has 3 saturated carbocycles. The summed E-state index contributed by atoms with van der Waals surface area (Å²) < 4.78 is 0. The zero-order valence-electron chi connectivity index (χ0n) is 12.7. The second-order valence-corrected chi connectivity index (χ2v) is 7.76. The van der Waals surface area contributed by atoms with Gasteiger partial charge in [0.2, 0.25) is 0 Å². The fourth-order valence-electron chi connectivity index (χ4n) is 4.58. The molecule has 0 aromatic heterocycles. The smallest absolute Gasteiger partial charge is 0.0804 e. The highest BCUT2D eigenvalue weighted by atomic mass is 35.5. The van der Waals surface area contributed by atoms with Crippen LogP contribution in [0.5, 0.6) is 0 Å². The van der Waals surface area contributed by atoms with E-state index in [1.165, 1.54) is 37.8 Å². The van der Waals surface area contributed by atoms with Gasteiger partial charge in [-0.3, -0.25) is 0 Å². The highest BCUT2D eigenvalue weighted by molar-refractivity contribution is 6.42. The van der Waals surface area contributed by atoms with Crippen molar-refractivity contribution < 1.29 is 17.3 Å². The predicted molar refractivity (Wildman–Crippen MR) is 85.8 cm³/mol. The van der Waals surface area contributed by atoms with Crippen LogP contribution in [0.25, 0.3) is 0 Å². The summed E-state index contributed by atoms with van der Waals surface area (Å²) in [6, 6.07) is 6.30. The SMILES string of the molecule is C[NH+](C)C[C@@H]1C2CCC(CC2)[C@@H]1c1ccc(Cl)c(Cl)c1.[Cl-]. The maximum Gasteiger partial charge on any atom is 0.0804 e. The molecule has 1 nitrogen and oxygen atoms in total. The number of rotatable bonds is 3. The normalized spacial score (nSPS) is 31.3. The van der Waals surface area contributed by atoms with Crippen molar-refractivity contribution in [3.63, 3.8) is 0 Å². The van der Waals surface area contributed by atoms with E-state index in [2.05, 4.69) is 26.2 Å². The van der Waals surface area contributed by atoms with Gasteiger partial charge in [0, 0.05) is 5.92 Å². The summed E-state index contributed by atoms with van der Waals surface area (Å²) in [5.41, 5.74) is 1.42. The lowest BCUT2D eigenvalue weighted by molar-refractivity contribution is -0.863. The summed E-state index contributed by atoms with van der Waals surface area (Å²) in [6.07, 6.45) is 5.66. The molecular formula is C17H24Cl3N. The van der Waals surface area contributed by atoms with Crippen molar-refractivity contribution in [3.8, 4) is 0 Å². The van der Waals surface area contributed by atoms with E-state index in [0.717, 1.165) is 17.8 Å². The van der Waals surface area contributed by atoms with Crippen LogP contribution in [0.1, 0.15) is 37.2 Å². The van der Waals surface area contributed by atoms with Crippen LogP contribution in [0.15, 0.2) is 18.2 Å². The average molecular weight is 349 g/mol. The third-order valence-corrected chi connectivity index (χ3v) is 6.10. The molecule has 1 aromatic carbocycles. The predicted octanol–water partition coefficient (Wildman–Crippen LogP) is 0.662. The van der Waals surface area contributed by atoms with Gasteiger partial charge < -0.3 is 17.3 Å². The van der Waals surface area contributed by atoms with Crippen LogP contribution >= 0.6 is 23.2 Å². The van der Waals surface area contributed by atoms with E-state index >= 15 is 0 Å². The summed E-state index contributed by atoms with van der Waals surface area (Å²) in [5, 5.41) is 1.38. The number of quaternary nitrogens is 1. The molecule has 0 spiro atoms. The first-order valence-electron chi connectivity index (χ1n) is 7.80. The Balaban J connectivity index is 0.00000161. The maximum atomic E-state index is 6.25. The van der Waals surface area contributed by atoms with E-state index < -0.39 is 0 Å². The summed E-state index contributed by atoms with van der Waals surface area (Å²) in [5.74, 6) is 3.26. The van der Waals surface area contributed by atoms with Crippen molar-refractivity contribution >= 4 is 23.2 Å². The monoisotopic (exact) mass is 347 g/mol. The van der Waals surface area contributed by atoms with Crippen molar-refractivity contribution in [2.24, 2.45) is 17.8 Å². The molecule has 2 atom stereocenters. The van der Waals surface area contributed by atoms with E-state index in [1.54, 1.807) is 4.90 Å². The fraction of sp³-hybridized carbons (Fsp3) is 0.647. The van der Waals surface area contributed by atoms with Crippen LogP contribution in [-0.4, -0.2) is 20.6 Å². The van der Waals surface area contributed by atoms with Crippen molar-refractivity contribution in [3.05, 3.63) is 33.8 Å².